The van der Waals surface area contributed by atoms with E-state index in [4.69, 9.17) is 0 Å². The zero-order chi connectivity index (χ0) is 12.9. The van der Waals surface area contributed by atoms with Crippen LogP contribution in [0, 0.1) is 5.92 Å². The summed E-state index contributed by atoms with van der Waals surface area (Å²) in [6.07, 6.45) is -2.98. The molecule has 0 saturated heterocycles. The number of rotatable bonds is 4. The molecular weight excluding hydrogens is 235 g/mol. The van der Waals surface area contributed by atoms with Gasteiger partial charge in [0.05, 0.1) is 12.5 Å². The Labute approximate surface area is 98.4 Å². The van der Waals surface area contributed by atoms with Gasteiger partial charge in [-0.2, -0.15) is 13.2 Å². The Hall–Kier alpha value is -0.780. The molecule has 0 heterocycles. The molecule has 0 aromatic rings. The molecule has 0 radical (unpaired) electrons. The highest BCUT2D eigenvalue weighted by Gasteiger charge is 2.28. The van der Waals surface area contributed by atoms with Crippen molar-refractivity contribution < 1.29 is 23.1 Å². The maximum absolute atomic E-state index is 11.8. The van der Waals surface area contributed by atoms with Crippen LogP contribution in [0.4, 0.5) is 13.2 Å². The lowest BCUT2D eigenvalue weighted by molar-refractivity contribution is -0.144. The number of halogens is 3. The van der Waals surface area contributed by atoms with E-state index in [0.29, 0.717) is 13.0 Å². The van der Waals surface area contributed by atoms with E-state index < -0.39 is 24.9 Å². The van der Waals surface area contributed by atoms with Crippen molar-refractivity contribution in [1.29, 1.82) is 0 Å². The molecule has 6 heteroatoms. The van der Waals surface area contributed by atoms with Crippen LogP contribution in [0.5, 0.6) is 0 Å². The van der Waals surface area contributed by atoms with Crippen molar-refractivity contribution in [2.75, 3.05) is 6.54 Å². The van der Waals surface area contributed by atoms with Crippen LogP contribution in [-0.4, -0.2) is 29.8 Å². The van der Waals surface area contributed by atoms with Gasteiger partial charge in [-0.3, -0.25) is 4.79 Å². The van der Waals surface area contributed by atoms with Crippen molar-refractivity contribution in [3.05, 3.63) is 0 Å². The minimum absolute atomic E-state index is 0.189. The number of alkyl halides is 3. The standard InChI is InChI=1S/C11H18F3NO2/c12-11(13,14)5-4-10(17)15-7-8-2-1-3-9(16)6-8/h8-9,16H,1-7H2,(H,15,17). The fourth-order valence-electron chi connectivity index (χ4n) is 2.05. The first-order valence-electron chi connectivity index (χ1n) is 5.88. The smallest absolute Gasteiger partial charge is 0.389 e. The van der Waals surface area contributed by atoms with E-state index in [1.807, 2.05) is 0 Å². The number of carbonyl (C=O) groups excluding carboxylic acids is 1. The molecule has 0 spiro atoms. The van der Waals surface area contributed by atoms with Gasteiger partial charge in [0, 0.05) is 13.0 Å². The Morgan fingerprint density at radius 2 is 2.06 bits per heavy atom. The molecule has 0 aliphatic heterocycles. The number of hydrogen-bond donors (Lipinski definition) is 2. The van der Waals surface area contributed by atoms with Crippen molar-refractivity contribution in [3.63, 3.8) is 0 Å². The van der Waals surface area contributed by atoms with Crippen molar-refractivity contribution >= 4 is 5.91 Å². The van der Waals surface area contributed by atoms with Gasteiger partial charge in [-0.05, 0) is 25.2 Å². The van der Waals surface area contributed by atoms with Crippen molar-refractivity contribution in [1.82, 2.24) is 5.32 Å². The highest BCUT2D eigenvalue weighted by Crippen LogP contribution is 2.24. The molecule has 1 amide bonds. The number of aliphatic hydroxyl groups is 1. The molecule has 2 atom stereocenters. The van der Waals surface area contributed by atoms with Crippen LogP contribution in [0.25, 0.3) is 0 Å². The SMILES string of the molecule is O=C(CCC(F)(F)F)NCC1CCCC(O)C1. The number of nitrogens with one attached hydrogen (secondary N) is 1. The first-order chi connectivity index (χ1) is 7.87. The average molecular weight is 253 g/mol. The number of carbonyl (C=O) groups is 1. The second kappa shape index (κ2) is 6.23. The van der Waals surface area contributed by atoms with E-state index in [1.54, 1.807) is 0 Å². The first kappa shape index (κ1) is 14.3. The van der Waals surface area contributed by atoms with E-state index in [0.717, 1.165) is 19.3 Å². The summed E-state index contributed by atoms with van der Waals surface area (Å²) < 4.78 is 35.5. The summed E-state index contributed by atoms with van der Waals surface area (Å²) >= 11 is 0. The van der Waals surface area contributed by atoms with E-state index in [-0.39, 0.29) is 12.0 Å². The third-order valence-electron chi connectivity index (χ3n) is 2.98. The Morgan fingerprint density at radius 3 is 2.65 bits per heavy atom. The summed E-state index contributed by atoms with van der Waals surface area (Å²) in [4.78, 5) is 11.1. The van der Waals surface area contributed by atoms with E-state index >= 15 is 0 Å². The topological polar surface area (TPSA) is 49.3 Å². The first-order valence-corrected chi connectivity index (χ1v) is 5.88. The summed E-state index contributed by atoms with van der Waals surface area (Å²) in [5.74, 6) is -0.379. The van der Waals surface area contributed by atoms with Crippen LogP contribution in [-0.2, 0) is 4.79 Å². The molecule has 0 aromatic carbocycles. The molecular formula is C11H18F3NO2. The van der Waals surface area contributed by atoms with Gasteiger partial charge in [0.25, 0.3) is 0 Å². The van der Waals surface area contributed by atoms with Crippen LogP contribution in [0.2, 0.25) is 0 Å². The van der Waals surface area contributed by atoms with Crippen LogP contribution >= 0.6 is 0 Å². The van der Waals surface area contributed by atoms with E-state index in [2.05, 4.69) is 5.32 Å². The largest absolute Gasteiger partial charge is 0.393 e. The van der Waals surface area contributed by atoms with Gasteiger partial charge in [0.15, 0.2) is 0 Å². The van der Waals surface area contributed by atoms with Gasteiger partial charge in [-0.25, -0.2) is 0 Å². The molecule has 1 fully saturated rings. The molecule has 1 rings (SSSR count). The van der Waals surface area contributed by atoms with Crippen LogP contribution < -0.4 is 5.32 Å². The van der Waals surface area contributed by atoms with Gasteiger partial charge in [0.1, 0.15) is 0 Å². The van der Waals surface area contributed by atoms with Crippen LogP contribution in [0.3, 0.4) is 0 Å². The Bertz CT molecular complexity index is 256. The Balaban J connectivity index is 2.15. The highest BCUT2D eigenvalue weighted by atomic mass is 19.4. The molecule has 100 valence electrons. The van der Waals surface area contributed by atoms with E-state index in [1.165, 1.54) is 0 Å². The molecule has 1 aliphatic carbocycles. The summed E-state index contributed by atoms with van der Waals surface area (Å²) in [6.45, 7) is 0.369. The fraction of sp³-hybridized carbons (Fsp3) is 0.909. The van der Waals surface area contributed by atoms with Crippen LogP contribution in [0.1, 0.15) is 38.5 Å². The molecule has 2 unspecified atom stereocenters. The normalized spacial score (nSPS) is 25.6. The molecule has 0 aromatic heterocycles. The Morgan fingerprint density at radius 1 is 1.35 bits per heavy atom. The third kappa shape index (κ3) is 6.51. The summed E-state index contributed by atoms with van der Waals surface area (Å²) in [5, 5.41) is 11.9. The second-order valence-corrected chi connectivity index (χ2v) is 4.61. The Kier molecular flexibility index (Phi) is 5.24. The molecule has 0 bridgehead atoms. The zero-order valence-corrected chi connectivity index (χ0v) is 9.59. The minimum atomic E-state index is -4.28. The third-order valence-corrected chi connectivity index (χ3v) is 2.98. The molecule has 1 aliphatic rings. The summed E-state index contributed by atoms with van der Waals surface area (Å²) in [7, 11) is 0. The highest BCUT2D eigenvalue weighted by molar-refractivity contribution is 5.75. The lowest BCUT2D eigenvalue weighted by Crippen LogP contribution is -2.33. The number of aliphatic hydroxyl groups excluding tert-OH is 1. The van der Waals surface area contributed by atoms with Crippen molar-refractivity contribution in [2.45, 2.75) is 50.8 Å². The predicted molar refractivity (Wildman–Crippen MR) is 56.3 cm³/mol. The van der Waals surface area contributed by atoms with Crippen LogP contribution in [0.15, 0.2) is 0 Å². The fourth-order valence-corrected chi connectivity index (χ4v) is 2.05. The molecule has 17 heavy (non-hydrogen) atoms. The van der Waals surface area contributed by atoms with E-state index in [9.17, 15) is 23.1 Å². The van der Waals surface area contributed by atoms with Gasteiger partial charge < -0.3 is 10.4 Å². The zero-order valence-electron chi connectivity index (χ0n) is 9.59. The quantitative estimate of drug-likeness (QED) is 0.805. The lowest BCUT2D eigenvalue weighted by Gasteiger charge is -2.25. The van der Waals surface area contributed by atoms with Crippen molar-refractivity contribution in [2.24, 2.45) is 5.92 Å². The monoisotopic (exact) mass is 253 g/mol. The average Bonchev–Trinajstić information content (AvgIpc) is 2.23. The summed E-state index contributed by atoms with van der Waals surface area (Å²) in [6, 6.07) is 0. The number of amides is 1. The van der Waals surface area contributed by atoms with Crippen molar-refractivity contribution in [3.8, 4) is 0 Å². The van der Waals surface area contributed by atoms with Gasteiger partial charge in [-0.1, -0.05) is 6.42 Å². The maximum atomic E-state index is 11.8. The second-order valence-electron chi connectivity index (χ2n) is 4.61. The maximum Gasteiger partial charge on any atom is 0.389 e. The van der Waals surface area contributed by atoms with Gasteiger partial charge in [0.2, 0.25) is 5.91 Å². The number of hydrogen-bond acceptors (Lipinski definition) is 2. The predicted octanol–water partition coefficient (Wildman–Crippen LogP) is 2.00. The summed E-state index contributed by atoms with van der Waals surface area (Å²) in [5.41, 5.74) is 0. The molecule has 1 saturated carbocycles. The molecule has 3 nitrogen and oxygen atoms in total. The minimum Gasteiger partial charge on any atom is -0.393 e. The van der Waals surface area contributed by atoms with Gasteiger partial charge >= 0.3 is 6.18 Å². The van der Waals surface area contributed by atoms with Gasteiger partial charge in [-0.15, -0.1) is 0 Å². The lowest BCUT2D eigenvalue weighted by atomic mass is 9.87. The molecule has 2 N–H and O–H groups in total.